The maximum Gasteiger partial charge on any atom is 0.343 e. The van der Waals surface area contributed by atoms with Crippen molar-refractivity contribution < 1.29 is 37.3 Å². The summed E-state index contributed by atoms with van der Waals surface area (Å²) in [7, 11) is 8.83. The highest BCUT2D eigenvalue weighted by Crippen LogP contribution is 2.31. The summed E-state index contributed by atoms with van der Waals surface area (Å²) in [6.45, 7) is 2.14. The van der Waals surface area contributed by atoms with Crippen LogP contribution in [0.4, 0.5) is 18.9 Å². The summed E-state index contributed by atoms with van der Waals surface area (Å²) in [4.78, 5) is 26.0. The Hall–Kier alpha value is -4.45. The quantitative estimate of drug-likeness (QED) is 0.235. The van der Waals surface area contributed by atoms with Crippen LogP contribution in [0.2, 0.25) is 0 Å². The number of aromatic nitrogens is 1. The molecule has 2 radical (unpaired) electrons. The van der Waals surface area contributed by atoms with E-state index >= 15 is 4.39 Å². The van der Waals surface area contributed by atoms with E-state index in [0.717, 1.165) is 12.3 Å². The first kappa shape index (κ1) is 29.5. The van der Waals surface area contributed by atoms with Gasteiger partial charge < -0.3 is 29.2 Å². The van der Waals surface area contributed by atoms with Crippen molar-refractivity contribution in [2.45, 2.75) is 27.0 Å². The lowest BCUT2D eigenvalue weighted by molar-refractivity contribution is 0.0524. The Kier molecular flexibility index (Phi) is 8.62. The van der Waals surface area contributed by atoms with Gasteiger partial charge in [0.1, 0.15) is 30.7 Å². The summed E-state index contributed by atoms with van der Waals surface area (Å²) in [6, 6.07) is 7.47. The van der Waals surface area contributed by atoms with Crippen LogP contribution in [0.15, 0.2) is 41.3 Å². The van der Waals surface area contributed by atoms with Gasteiger partial charge in [-0.2, -0.15) is 0 Å². The van der Waals surface area contributed by atoms with Gasteiger partial charge in [0.25, 0.3) is 0 Å². The minimum atomic E-state index is -1.45. The Morgan fingerprint density at radius 2 is 1.80 bits per heavy atom. The fourth-order valence-electron chi connectivity index (χ4n) is 4.55. The topological polar surface area (TPSA) is 99.0 Å². The number of ether oxygens (including phenoxy) is 3. The molecule has 3 aromatic carbocycles. The fraction of sp³-hybridized carbons (Fsp3) is 0.241. The van der Waals surface area contributed by atoms with E-state index in [1.54, 1.807) is 18.2 Å². The SMILES string of the molecule is [B]c1c(F)c(F)c(C)c2c1c(=O)c(C(=O)OCC)cn2-c1cc(NCc2ccc(OC)cc2OC)c(F)cc1CO. The Bertz CT molecular complexity index is 1720. The highest BCUT2D eigenvalue weighted by molar-refractivity contribution is 6.39. The fourth-order valence-corrected chi connectivity index (χ4v) is 4.55. The molecule has 0 atom stereocenters. The third kappa shape index (κ3) is 5.34. The molecular weight excluding hydrogens is 540 g/mol. The number of nitrogens with one attached hydrogen (secondary N) is 1. The van der Waals surface area contributed by atoms with Gasteiger partial charge in [-0.05, 0) is 43.6 Å². The van der Waals surface area contributed by atoms with Gasteiger partial charge in [-0.1, -0.05) is 0 Å². The average Bonchev–Trinajstić information content (AvgIpc) is 2.97. The molecule has 8 nitrogen and oxygen atoms in total. The van der Waals surface area contributed by atoms with E-state index in [1.807, 2.05) is 0 Å². The highest BCUT2D eigenvalue weighted by Gasteiger charge is 2.25. The molecule has 12 heteroatoms. The molecular formula is C29H26BF3N2O6. The lowest BCUT2D eigenvalue weighted by atomic mass is 9.87. The van der Waals surface area contributed by atoms with Crippen LogP contribution < -0.4 is 25.7 Å². The van der Waals surface area contributed by atoms with Gasteiger partial charge in [0.2, 0.25) is 5.43 Å². The van der Waals surface area contributed by atoms with Gasteiger partial charge in [-0.15, -0.1) is 0 Å². The van der Waals surface area contributed by atoms with Crippen molar-refractivity contribution in [3.8, 4) is 17.2 Å². The molecule has 0 fully saturated rings. The number of methoxy groups -OCH3 is 2. The molecule has 0 unspecified atom stereocenters. The second-order valence-electron chi connectivity index (χ2n) is 9.00. The van der Waals surface area contributed by atoms with Crippen molar-refractivity contribution in [1.29, 1.82) is 0 Å². The number of carbonyl (C=O) groups is 1. The lowest BCUT2D eigenvalue weighted by Gasteiger charge is -2.21. The van der Waals surface area contributed by atoms with Crippen molar-refractivity contribution in [3.05, 3.63) is 86.5 Å². The number of aliphatic hydroxyl groups is 1. The van der Waals surface area contributed by atoms with Gasteiger partial charge in [0, 0.05) is 40.9 Å². The van der Waals surface area contributed by atoms with Crippen molar-refractivity contribution in [2.24, 2.45) is 0 Å². The molecule has 0 saturated carbocycles. The first-order chi connectivity index (χ1) is 19.6. The van der Waals surface area contributed by atoms with Crippen LogP contribution in [0, 0.1) is 24.4 Å². The lowest BCUT2D eigenvalue weighted by Crippen LogP contribution is -2.28. The number of esters is 1. The Morgan fingerprint density at radius 3 is 2.44 bits per heavy atom. The van der Waals surface area contributed by atoms with Crippen LogP contribution in [-0.2, 0) is 17.9 Å². The third-order valence-corrected chi connectivity index (χ3v) is 6.65. The number of aliphatic hydroxyl groups excluding tert-OH is 1. The van der Waals surface area contributed by atoms with Crippen LogP contribution in [0.1, 0.15) is 34.0 Å². The molecule has 2 N–H and O–H groups in total. The molecule has 0 bridgehead atoms. The number of rotatable bonds is 9. The maximum atomic E-state index is 15.2. The molecule has 0 saturated heterocycles. The van der Waals surface area contributed by atoms with Gasteiger partial charge in [0.15, 0.2) is 11.6 Å². The molecule has 0 amide bonds. The predicted molar refractivity (Wildman–Crippen MR) is 148 cm³/mol. The van der Waals surface area contributed by atoms with E-state index in [0.29, 0.717) is 17.1 Å². The molecule has 212 valence electrons. The number of hydrogen-bond acceptors (Lipinski definition) is 7. The smallest absolute Gasteiger partial charge is 0.343 e. The zero-order valence-electron chi connectivity index (χ0n) is 22.7. The second kappa shape index (κ2) is 12.0. The summed E-state index contributed by atoms with van der Waals surface area (Å²) in [5, 5.41) is 12.6. The van der Waals surface area contributed by atoms with Crippen molar-refractivity contribution in [3.63, 3.8) is 0 Å². The number of pyridine rings is 1. The number of nitrogens with zero attached hydrogens (tertiary/aromatic N) is 1. The molecule has 0 aliphatic carbocycles. The molecule has 0 spiro atoms. The molecule has 4 aromatic rings. The van der Waals surface area contributed by atoms with Gasteiger partial charge in [0.05, 0.1) is 44.3 Å². The summed E-state index contributed by atoms with van der Waals surface area (Å²) in [5.41, 5.74) is -2.00. The normalized spacial score (nSPS) is 11.0. The van der Waals surface area contributed by atoms with Crippen LogP contribution >= 0.6 is 0 Å². The Morgan fingerprint density at radius 1 is 1.07 bits per heavy atom. The molecule has 0 aliphatic heterocycles. The second-order valence-corrected chi connectivity index (χ2v) is 9.00. The van der Waals surface area contributed by atoms with Crippen LogP contribution in [-0.4, -0.2) is 44.3 Å². The number of aryl methyl sites for hydroxylation is 1. The Balaban J connectivity index is 1.96. The van der Waals surface area contributed by atoms with Crippen molar-refractivity contribution in [2.75, 3.05) is 26.1 Å². The van der Waals surface area contributed by atoms with E-state index in [-0.39, 0.29) is 41.2 Å². The van der Waals surface area contributed by atoms with Gasteiger partial charge >= 0.3 is 5.97 Å². The largest absolute Gasteiger partial charge is 0.497 e. The van der Waals surface area contributed by atoms with Crippen molar-refractivity contribution >= 4 is 35.9 Å². The standard InChI is InChI=1S/C29H26BF3N2O6/c1-5-41-29(38)18-12-35(27-14(2)25(32)26(33)24(30)23(27)28(18)37)21-10-20(19(31)8-16(21)13-36)34-11-15-6-7-17(39-3)9-22(15)40-4/h6-10,12,34,36H,5,11,13H2,1-4H3. The first-order valence-corrected chi connectivity index (χ1v) is 12.5. The maximum absolute atomic E-state index is 15.2. The minimum Gasteiger partial charge on any atom is -0.497 e. The highest BCUT2D eigenvalue weighted by atomic mass is 19.2. The van der Waals surface area contributed by atoms with Crippen molar-refractivity contribution in [1.82, 2.24) is 4.57 Å². The van der Waals surface area contributed by atoms with Gasteiger partial charge in [-0.25, -0.2) is 18.0 Å². The zero-order chi connectivity index (χ0) is 30.0. The van der Waals surface area contributed by atoms with E-state index in [2.05, 4.69) is 5.32 Å². The monoisotopic (exact) mass is 566 g/mol. The number of carbonyl (C=O) groups excluding carboxylic acids is 1. The summed E-state index contributed by atoms with van der Waals surface area (Å²) >= 11 is 0. The summed E-state index contributed by atoms with van der Waals surface area (Å²) in [5.74, 6) is -3.45. The third-order valence-electron chi connectivity index (χ3n) is 6.65. The predicted octanol–water partition coefficient (Wildman–Crippen LogP) is 3.81. The van der Waals surface area contributed by atoms with E-state index in [1.165, 1.54) is 38.7 Å². The first-order valence-electron chi connectivity index (χ1n) is 12.5. The zero-order valence-corrected chi connectivity index (χ0v) is 22.7. The van der Waals surface area contributed by atoms with Crippen LogP contribution in [0.3, 0.4) is 0 Å². The molecule has 1 aromatic heterocycles. The Labute approximate surface area is 234 Å². The summed E-state index contributed by atoms with van der Waals surface area (Å²) < 4.78 is 61.5. The number of halogens is 3. The van der Waals surface area contributed by atoms with E-state index in [9.17, 15) is 23.5 Å². The molecule has 1 heterocycles. The average molecular weight is 566 g/mol. The summed E-state index contributed by atoms with van der Waals surface area (Å²) in [6.07, 6.45) is 1.08. The van der Waals surface area contributed by atoms with Crippen LogP contribution in [0.25, 0.3) is 16.6 Å². The van der Waals surface area contributed by atoms with E-state index in [4.69, 9.17) is 22.1 Å². The molecule has 4 rings (SSSR count). The minimum absolute atomic E-state index is 0.0255. The number of benzene rings is 3. The van der Waals surface area contributed by atoms with Crippen LogP contribution in [0.5, 0.6) is 11.5 Å². The molecule has 0 aliphatic rings. The molecule has 41 heavy (non-hydrogen) atoms. The number of hydrogen-bond donors (Lipinski definition) is 2. The van der Waals surface area contributed by atoms with E-state index < -0.39 is 51.9 Å². The number of fused-ring (bicyclic) bond motifs is 1. The number of anilines is 1. The van der Waals surface area contributed by atoms with Gasteiger partial charge in [-0.3, -0.25) is 4.79 Å².